The first kappa shape index (κ1) is 13.7. The van der Waals surface area contributed by atoms with Gasteiger partial charge < -0.3 is 4.57 Å². The van der Waals surface area contributed by atoms with Crippen LogP contribution in [0, 0.1) is 25.7 Å². The van der Waals surface area contributed by atoms with Gasteiger partial charge in [0.2, 0.25) is 0 Å². The number of hydrogen-bond donors (Lipinski definition) is 0. The van der Waals surface area contributed by atoms with Gasteiger partial charge in [-0.2, -0.15) is 0 Å². The Morgan fingerprint density at radius 2 is 2.06 bits per heavy atom. The highest BCUT2D eigenvalue weighted by atomic mass is 35.5. The van der Waals surface area contributed by atoms with E-state index in [9.17, 15) is 4.79 Å². The molecule has 0 amide bonds. The highest BCUT2D eigenvalue weighted by Crippen LogP contribution is 2.37. The maximum absolute atomic E-state index is 12.0. The molecule has 2 atom stereocenters. The molecule has 1 saturated carbocycles. The van der Waals surface area contributed by atoms with Crippen molar-refractivity contribution in [2.24, 2.45) is 11.8 Å². The van der Waals surface area contributed by atoms with E-state index in [1.807, 2.05) is 13.0 Å². The molecule has 1 aliphatic carbocycles. The highest BCUT2D eigenvalue weighted by Gasteiger charge is 2.29. The van der Waals surface area contributed by atoms with Gasteiger partial charge >= 0.3 is 0 Å². The summed E-state index contributed by atoms with van der Waals surface area (Å²) < 4.78 is 2.27. The van der Waals surface area contributed by atoms with Crippen LogP contribution in [0.3, 0.4) is 0 Å². The van der Waals surface area contributed by atoms with E-state index in [4.69, 9.17) is 11.6 Å². The van der Waals surface area contributed by atoms with Crippen molar-refractivity contribution in [1.82, 2.24) is 4.57 Å². The molecule has 3 heteroatoms. The number of nitrogens with zero attached hydrogens (tertiary/aromatic N) is 1. The van der Waals surface area contributed by atoms with Crippen molar-refractivity contribution in [2.75, 3.05) is 0 Å². The van der Waals surface area contributed by atoms with Crippen molar-refractivity contribution in [2.45, 2.75) is 52.5 Å². The molecule has 100 valence electrons. The predicted octanol–water partition coefficient (Wildman–Crippen LogP) is 3.96. The molecule has 0 spiro atoms. The number of aromatic nitrogens is 1. The van der Waals surface area contributed by atoms with Crippen LogP contribution in [-0.4, -0.2) is 15.7 Å². The number of halogens is 1. The predicted molar refractivity (Wildman–Crippen MR) is 75.4 cm³/mol. The van der Waals surface area contributed by atoms with Crippen LogP contribution in [0.5, 0.6) is 0 Å². The lowest BCUT2D eigenvalue weighted by Gasteiger charge is -2.15. The fraction of sp³-hybridized carbons (Fsp3) is 0.667. The standard InChI is InChI=1S/C15H22ClNO/c1-9(13-5-6-13)8-17-10(2)7-14(12(17)4)15(18)11(3)16/h7,9,11,13H,5-6,8H2,1-4H3. The van der Waals surface area contributed by atoms with Crippen molar-refractivity contribution < 1.29 is 4.79 Å². The summed E-state index contributed by atoms with van der Waals surface area (Å²) in [4.78, 5) is 12.0. The molecule has 1 heterocycles. The molecule has 1 fully saturated rings. The van der Waals surface area contributed by atoms with Crippen LogP contribution in [0.2, 0.25) is 0 Å². The first-order chi connectivity index (χ1) is 8.41. The quantitative estimate of drug-likeness (QED) is 0.585. The molecule has 18 heavy (non-hydrogen) atoms. The van der Waals surface area contributed by atoms with Crippen LogP contribution in [0.4, 0.5) is 0 Å². The minimum atomic E-state index is -0.445. The molecule has 1 aromatic rings. The number of alkyl halides is 1. The van der Waals surface area contributed by atoms with Crippen LogP contribution in [0.25, 0.3) is 0 Å². The normalized spacial score (nSPS) is 18.7. The molecule has 0 N–H and O–H groups in total. The van der Waals surface area contributed by atoms with E-state index in [1.165, 1.54) is 18.5 Å². The van der Waals surface area contributed by atoms with Crippen molar-refractivity contribution in [3.8, 4) is 0 Å². The minimum Gasteiger partial charge on any atom is -0.348 e. The van der Waals surface area contributed by atoms with E-state index < -0.39 is 5.38 Å². The summed E-state index contributed by atoms with van der Waals surface area (Å²) in [5.74, 6) is 1.62. The van der Waals surface area contributed by atoms with Gasteiger partial charge in [-0.05, 0) is 51.5 Å². The lowest BCUT2D eigenvalue weighted by atomic mass is 10.1. The third kappa shape index (κ3) is 2.64. The first-order valence-corrected chi connectivity index (χ1v) is 7.20. The molecule has 0 bridgehead atoms. The number of carbonyl (C=O) groups excluding carboxylic acids is 1. The molecule has 0 aliphatic heterocycles. The summed E-state index contributed by atoms with van der Waals surface area (Å²) in [7, 11) is 0. The molecule has 0 radical (unpaired) electrons. The van der Waals surface area contributed by atoms with Crippen LogP contribution in [0.15, 0.2) is 6.07 Å². The van der Waals surface area contributed by atoms with Gasteiger partial charge in [0.05, 0.1) is 5.38 Å². The lowest BCUT2D eigenvalue weighted by molar-refractivity contribution is 0.0991. The average Bonchev–Trinajstić information content (AvgIpc) is 3.11. The first-order valence-electron chi connectivity index (χ1n) is 6.76. The smallest absolute Gasteiger partial charge is 0.182 e. The highest BCUT2D eigenvalue weighted by molar-refractivity contribution is 6.33. The van der Waals surface area contributed by atoms with Crippen LogP contribution in [0.1, 0.15) is 48.4 Å². The van der Waals surface area contributed by atoms with E-state index in [2.05, 4.69) is 18.4 Å². The van der Waals surface area contributed by atoms with E-state index in [0.717, 1.165) is 23.7 Å². The number of Topliss-reactive ketones (excluding diaryl/α,β-unsaturated/α-hetero) is 1. The van der Waals surface area contributed by atoms with Gasteiger partial charge in [-0.15, -0.1) is 11.6 Å². The third-order valence-corrected chi connectivity index (χ3v) is 4.30. The molecule has 2 nitrogen and oxygen atoms in total. The van der Waals surface area contributed by atoms with Crippen LogP contribution >= 0.6 is 11.6 Å². The largest absolute Gasteiger partial charge is 0.348 e. The van der Waals surface area contributed by atoms with E-state index >= 15 is 0 Å². The second kappa shape index (κ2) is 5.08. The van der Waals surface area contributed by atoms with Gasteiger partial charge in [-0.3, -0.25) is 4.79 Å². The fourth-order valence-corrected chi connectivity index (χ4v) is 2.77. The average molecular weight is 268 g/mol. The fourth-order valence-electron chi connectivity index (χ4n) is 2.65. The van der Waals surface area contributed by atoms with Gasteiger partial charge in [0, 0.05) is 23.5 Å². The van der Waals surface area contributed by atoms with Crippen molar-refractivity contribution >= 4 is 17.4 Å². The molecule has 0 saturated heterocycles. The number of ketones is 1. The lowest BCUT2D eigenvalue weighted by Crippen LogP contribution is -2.14. The van der Waals surface area contributed by atoms with Gasteiger partial charge in [0.1, 0.15) is 0 Å². The number of hydrogen-bond acceptors (Lipinski definition) is 1. The summed E-state index contributed by atoms with van der Waals surface area (Å²) >= 11 is 5.90. The Bertz CT molecular complexity index is 457. The molecule has 2 unspecified atom stereocenters. The van der Waals surface area contributed by atoms with Gasteiger partial charge in [-0.25, -0.2) is 0 Å². The van der Waals surface area contributed by atoms with E-state index in [1.54, 1.807) is 6.92 Å². The molecule has 1 aromatic heterocycles. The number of aryl methyl sites for hydroxylation is 1. The third-order valence-electron chi connectivity index (χ3n) is 4.10. The van der Waals surface area contributed by atoms with Crippen LogP contribution < -0.4 is 0 Å². The van der Waals surface area contributed by atoms with Gasteiger partial charge in [0.15, 0.2) is 5.78 Å². The van der Waals surface area contributed by atoms with Gasteiger partial charge in [-0.1, -0.05) is 6.92 Å². The second-order valence-corrected chi connectivity index (χ2v) is 6.35. The number of rotatable bonds is 5. The topological polar surface area (TPSA) is 22.0 Å². The molecular formula is C15H22ClNO. The van der Waals surface area contributed by atoms with Crippen molar-refractivity contribution in [1.29, 1.82) is 0 Å². The summed E-state index contributed by atoms with van der Waals surface area (Å²) in [5, 5.41) is -0.445. The Balaban J connectivity index is 2.22. The monoisotopic (exact) mass is 267 g/mol. The zero-order valence-corrected chi connectivity index (χ0v) is 12.4. The maximum Gasteiger partial charge on any atom is 0.182 e. The molecule has 1 aliphatic rings. The summed E-state index contributed by atoms with van der Waals surface area (Å²) in [6.07, 6.45) is 2.73. The second-order valence-electron chi connectivity index (χ2n) is 5.69. The Morgan fingerprint density at radius 3 is 2.56 bits per heavy atom. The Labute approximate surface area is 114 Å². The van der Waals surface area contributed by atoms with Crippen LogP contribution in [-0.2, 0) is 6.54 Å². The maximum atomic E-state index is 12.0. The zero-order chi connectivity index (χ0) is 13.4. The summed E-state index contributed by atoms with van der Waals surface area (Å²) in [6.45, 7) is 9.17. The number of carbonyl (C=O) groups is 1. The Hall–Kier alpha value is -0.760. The van der Waals surface area contributed by atoms with Gasteiger partial charge in [0.25, 0.3) is 0 Å². The Morgan fingerprint density at radius 1 is 1.44 bits per heavy atom. The van der Waals surface area contributed by atoms with Crippen molar-refractivity contribution in [3.05, 3.63) is 23.0 Å². The summed E-state index contributed by atoms with van der Waals surface area (Å²) in [5.41, 5.74) is 3.02. The summed E-state index contributed by atoms with van der Waals surface area (Å²) in [6, 6.07) is 1.98. The molecule has 0 aromatic carbocycles. The SMILES string of the molecule is Cc1cc(C(=O)C(C)Cl)c(C)n1CC(C)C1CC1. The van der Waals surface area contributed by atoms with E-state index in [0.29, 0.717) is 5.92 Å². The zero-order valence-electron chi connectivity index (χ0n) is 11.7. The van der Waals surface area contributed by atoms with Crippen molar-refractivity contribution in [3.63, 3.8) is 0 Å². The minimum absolute atomic E-state index is 0.0371. The molecular weight excluding hydrogens is 246 g/mol. The van der Waals surface area contributed by atoms with E-state index in [-0.39, 0.29) is 5.78 Å². The molecule has 2 rings (SSSR count). The Kier molecular flexibility index (Phi) is 3.86.